The number of halogens is 2. The van der Waals surface area contributed by atoms with E-state index in [1.807, 2.05) is 36.4 Å². The first-order valence-corrected chi connectivity index (χ1v) is 12.8. The highest BCUT2D eigenvalue weighted by atomic mass is 35.5. The molecule has 1 unspecified atom stereocenters. The summed E-state index contributed by atoms with van der Waals surface area (Å²) in [4.78, 5) is 40.3. The second kappa shape index (κ2) is 11.6. The second-order valence-corrected chi connectivity index (χ2v) is 10.3. The SMILES string of the molecule is O=C(O)c1cccc(-c2ccc(CN(C(=O)c3ccc(Cl)cc3Cl)C(Cc3ccccc3)C(=O)O)s2)c1. The quantitative estimate of drug-likeness (QED) is 0.239. The zero-order valence-corrected chi connectivity index (χ0v) is 21.6. The first kappa shape index (κ1) is 26.4. The maximum Gasteiger partial charge on any atom is 0.335 e. The van der Waals surface area contributed by atoms with Crippen molar-refractivity contribution in [1.82, 2.24) is 4.90 Å². The van der Waals surface area contributed by atoms with Crippen LogP contribution in [0.3, 0.4) is 0 Å². The van der Waals surface area contributed by atoms with E-state index >= 15 is 0 Å². The minimum absolute atomic E-state index is 0.0187. The van der Waals surface area contributed by atoms with E-state index in [-0.39, 0.29) is 29.1 Å². The van der Waals surface area contributed by atoms with Crippen molar-refractivity contribution in [3.63, 3.8) is 0 Å². The smallest absolute Gasteiger partial charge is 0.335 e. The summed E-state index contributed by atoms with van der Waals surface area (Å²) in [6, 6.07) is 22.6. The molecule has 6 nitrogen and oxygen atoms in total. The number of carboxylic acids is 2. The molecule has 0 bridgehead atoms. The maximum absolute atomic E-state index is 13.7. The number of amides is 1. The number of hydrogen-bond donors (Lipinski definition) is 2. The molecule has 1 amide bonds. The Morgan fingerprint density at radius 2 is 1.62 bits per heavy atom. The summed E-state index contributed by atoms with van der Waals surface area (Å²) >= 11 is 13.7. The standard InChI is InChI=1S/C28H21Cl2NO5S/c29-20-9-11-22(23(30)15-20)26(32)31(24(28(35)36)13-17-5-2-1-3-6-17)16-21-10-12-25(37-21)18-7-4-8-19(14-18)27(33)34/h1-12,14-15,24H,13,16H2,(H,33,34)(H,35,36). The largest absolute Gasteiger partial charge is 0.480 e. The number of aliphatic carboxylic acids is 1. The van der Waals surface area contributed by atoms with Crippen molar-refractivity contribution in [2.45, 2.75) is 19.0 Å². The van der Waals surface area contributed by atoms with Crippen molar-refractivity contribution in [1.29, 1.82) is 0 Å². The van der Waals surface area contributed by atoms with Crippen LogP contribution >= 0.6 is 34.5 Å². The van der Waals surface area contributed by atoms with Crippen LogP contribution in [0.4, 0.5) is 0 Å². The van der Waals surface area contributed by atoms with Crippen LogP contribution in [0.5, 0.6) is 0 Å². The highest BCUT2D eigenvalue weighted by Crippen LogP contribution is 2.31. The van der Waals surface area contributed by atoms with Gasteiger partial charge in [-0.05, 0) is 53.6 Å². The van der Waals surface area contributed by atoms with Crippen molar-refractivity contribution in [2.24, 2.45) is 0 Å². The molecule has 9 heteroatoms. The van der Waals surface area contributed by atoms with Crippen molar-refractivity contribution < 1.29 is 24.6 Å². The molecule has 1 aromatic heterocycles. The number of carbonyl (C=O) groups excluding carboxylic acids is 1. The monoisotopic (exact) mass is 553 g/mol. The topological polar surface area (TPSA) is 94.9 Å². The molecule has 0 aliphatic rings. The van der Waals surface area contributed by atoms with Gasteiger partial charge in [0.1, 0.15) is 6.04 Å². The third-order valence-corrected chi connectivity index (χ3v) is 7.40. The number of aromatic carboxylic acids is 1. The van der Waals surface area contributed by atoms with E-state index in [2.05, 4.69) is 0 Å². The number of hydrogen-bond acceptors (Lipinski definition) is 4. The van der Waals surface area contributed by atoms with Gasteiger partial charge >= 0.3 is 11.9 Å². The molecule has 4 rings (SSSR count). The van der Waals surface area contributed by atoms with Gasteiger partial charge < -0.3 is 15.1 Å². The van der Waals surface area contributed by atoms with Gasteiger partial charge in [-0.25, -0.2) is 9.59 Å². The first-order chi connectivity index (χ1) is 17.7. The average Bonchev–Trinajstić information content (AvgIpc) is 3.35. The normalized spacial score (nSPS) is 11.6. The molecule has 0 spiro atoms. The fourth-order valence-electron chi connectivity index (χ4n) is 3.90. The minimum Gasteiger partial charge on any atom is -0.480 e. The van der Waals surface area contributed by atoms with E-state index in [0.717, 1.165) is 15.3 Å². The molecule has 1 atom stereocenters. The van der Waals surface area contributed by atoms with Crippen LogP contribution in [-0.2, 0) is 17.8 Å². The Balaban J connectivity index is 1.70. The number of benzene rings is 3. The van der Waals surface area contributed by atoms with E-state index < -0.39 is 23.9 Å². The lowest BCUT2D eigenvalue weighted by Gasteiger charge is -2.29. The Bertz CT molecular complexity index is 1450. The van der Waals surface area contributed by atoms with Gasteiger partial charge in [0.15, 0.2) is 0 Å². The van der Waals surface area contributed by atoms with Crippen molar-refractivity contribution in [2.75, 3.05) is 0 Å². The first-order valence-electron chi connectivity index (χ1n) is 11.2. The van der Waals surface area contributed by atoms with Gasteiger partial charge in [-0.2, -0.15) is 0 Å². The van der Waals surface area contributed by atoms with Crippen LogP contribution < -0.4 is 0 Å². The molecule has 3 aromatic carbocycles. The van der Waals surface area contributed by atoms with Crippen LogP contribution in [0.2, 0.25) is 10.0 Å². The zero-order valence-electron chi connectivity index (χ0n) is 19.3. The van der Waals surface area contributed by atoms with Gasteiger partial charge in [-0.1, -0.05) is 65.7 Å². The third-order valence-electron chi connectivity index (χ3n) is 5.74. The summed E-state index contributed by atoms with van der Waals surface area (Å²) in [5.74, 6) is -2.71. The van der Waals surface area contributed by atoms with Crippen LogP contribution in [0.15, 0.2) is 84.9 Å². The lowest BCUT2D eigenvalue weighted by atomic mass is 10.0. The van der Waals surface area contributed by atoms with E-state index in [4.69, 9.17) is 23.2 Å². The predicted molar refractivity (Wildman–Crippen MR) is 145 cm³/mol. The molecule has 0 aliphatic carbocycles. The Morgan fingerprint density at radius 3 is 2.30 bits per heavy atom. The molecule has 0 saturated carbocycles. The molecular weight excluding hydrogens is 533 g/mol. The Labute approximate surface area is 227 Å². The van der Waals surface area contributed by atoms with Gasteiger partial charge in [0.2, 0.25) is 0 Å². The summed E-state index contributed by atoms with van der Waals surface area (Å²) in [6.45, 7) is 0.0187. The van der Waals surface area contributed by atoms with E-state index in [9.17, 15) is 24.6 Å². The molecule has 1 heterocycles. The molecule has 4 aromatic rings. The highest BCUT2D eigenvalue weighted by Gasteiger charge is 2.32. The molecule has 0 radical (unpaired) electrons. The Morgan fingerprint density at radius 1 is 0.865 bits per heavy atom. The number of carbonyl (C=O) groups is 3. The molecular formula is C28H21Cl2NO5S. The fraction of sp³-hybridized carbons (Fsp3) is 0.107. The number of carboxylic acid groups (broad SMARTS) is 2. The van der Waals surface area contributed by atoms with Crippen LogP contribution in [0, 0.1) is 0 Å². The molecule has 0 saturated heterocycles. The third kappa shape index (κ3) is 6.38. The zero-order chi connectivity index (χ0) is 26.5. The summed E-state index contributed by atoms with van der Waals surface area (Å²) in [5.41, 5.74) is 1.80. The highest BCUT2D eigenvalue weighted by molar-refractivity contribution is 7.15. The van der Waals surface area contributed by atoms with Crippen molar-refractivity contribution >= 4 is 52.4 Å². The van der Waals surface area contributed by atoms with Gasteiger partial charge in [0.25, 0.3) is 5.91 Å². The lowest BCUT2D eigenvalue weighted by molar-refractivity contribution is -0.142. The van der Waals surface area contributed by atoms with Gasteiger partial charge in [-0.3, -0.25) is 4.79 Å². The van der Waals surface area contributed by atoms with Gasteiger partial charge in [-0.15, -0.1) is 11.3 Å². The molecule has 0 fully saturated rings. The molecule has 2 N–H and O–H groups in total. The van der Waals surface area contributed by atoms with E-state index in [1.165, 1.54) is 40.5 Å². The number of thiophene rings is 1. The summed E-state index contributed by atoms with van der Waals surface area (Å²) in [6.07, 6.45) is 0.103. The number of rotatable bonds is 9. The fourth-order valence-corrected chi connectivity index (χ4v) is 5.39. The van der Waals surface area contributed by atoms with Gasteiger partial charge in [0, 0.05) is 21.2 Å². The van der Waals surface area contributed by atoms with Crippen LogP contribution in [0.1, 0.15) is 31.2 Å². The summed E-state index contributed by atoms with van der Waals surface area (Å²) in [7, 11) is 0. The van der Waals surface area contributed by atoms with Crippen LogP contribution in [-0.4, -0.2) is 39.0 Å². The predicted octanol–water partition coefficient (Wildman–Crippen LogP) is 6.76. The molecule has 0 aliphatic heterocycles. The van der Waals surface area contributed by atoms with Crippen molar-refractivity contribution in [3.05, 3.63) is 117 Å². The maximum atomic E-state index is 13.7. The van der Waals surface area contributed by atoms with E-state index in [0.29, 0.717) is 10.6 Å². The lowest BCUT2D eigenvalue weighted by Crippen LogP contribution is -2.46. The minimum atomic E-state index is -1.16. The summed E-state index contributed by atoms with van der Waals surface area (Å²) in [5, 5.41) is 20.0. The Kier molecular flexibility index (Phi) is 8.28. The second-order valence-electron chi connectivity index (χ2n) is 8.25. The number of nitrogens with zero attached hydrogens (tertiary/aromatic N) is 1. The van der Waals surface area contributed by atoms with E-state index in [1.54, 1.807) is 24.3 Å². The van der Waals surface area contributed by atoms with Crippen LogP contribution in [0.25, 0.3) is 10.4 Å². The Hall–Kier alpha value is -3.65. The van der Waals surface area contributed by atoms with Gasteiger partial charge in [0.05, 0.1) is 22.7 Å². The molecule has 188 valence electrons. The average molecular weight is 554 g/mol. The van der Waals surface area contributed by atoms with Crippen molar-refractivity contribution in [3.8, 4) is 10.4 Å². The summed E-state index contributed by atoms with van der Waals surface area (Å²) < 4.78 is 0. The molecule has 37 heavy (non-hydrogen) atoms.